The summed E-state index contributed by atoms with van der Waals surface area (Å²) in [6.45, 7) is -0.478. The van der Waals surface area contributed by atoms with Crippen molar-refractivity contribution in [3.63, 3.8) is 0 Å². The van der Waals surface area contributed by atoms with Crippen LogP contribution in [0.4, 0.5) is 14.7 Å². The fraction of sp³-hybridized carbons (Fsp3) is 0.308. The molecular formula is C13H14F2N4O. The highest BCUT2D eigenvalue weighted by atomic mass is 19.3. The smallest absolute Gasteiger partial charge is 0.261 e. The van der Waals surface area contributed by atoms with E-state index in [4.69, 9.17) is 10.5 Å². The summed E-state index contributed by atoms with van der Waals surface area (Å²) in [5.74, 6) is 0.982. The fourth-order valence-corrected chi connectivity index (χ4v) is 1.60. The molecule has 1 heterocycles. The normalized spacial score (nSPS) is 10.9. The van der Waals surface area contributed by atoms with Gasteiger partial charge in [-0.25, -0.2) is 13.8 Å². The molecule has 1 aromatic heterocycles. The van der Waals surface area contributed by atoms with E-state index in [0.717, 1.165) is 5.56 Å². The first-order valence-electron chi connectivity index (χ1n) is 6.07. The molecule has 0 aliphatic heterocycles. The predicted molar refractivity (Wildman–Crippen MR) is 70.2 cm³/mol. The van der Waals surface area contributed by atoms with Gasteiger partial charge in [0.15, 0.2) is 5.82 Å². The minimum Gasteiger partial charge on any atom is -0.375 e. The first-order valence-corrected chi connectivity index (χ1v) is 6.07. The van der Waals surface area contributed by atoms with Crippen LogP contribution in [0.2, 0.25) is 0 Å². The molecule has 2 N–H and O–H groups in total. The van der Waals surface area contributed by atoms with Crippen LogP contribution in [0.5, 0.6) is 0 Å². The molecule has 0 spiro atoms. The van der Waals surface area contributed by atoms with Gasteiger partial charge in [0.2, 0.25) is 5.95 Å². The van der Waals surface area contributed by atoms with Gasteiger partial charge in [0.1, 0.15) is 12.4 Å². The Morgan fingerprint density at radius 2 is 1.85 bits per heavy atom. The zero-order valence-electron chi connectivity index (χ0n) is 10.7. The number of alkyl halides is 2. The first-order chi connectivity index (χ1) is 9.65. The lowest BCUT2D eigenvalue weighted by molar-refractivity contribution is 0.0183. The zero-order chi connectivity index (χ0) is 14.4. The standard InChI is InChI=1S/C13H14F2N4O/c14-10(15)8-20-7-6-11-17-12(19-13(16)18-11)9-4-2-1-3-5-9/h1-5,10H,6-8H2,(H2,16,17,18,19). The minimum absolute atomic E-state index is 0.0997. The molecule has 0 atom stereocenters. The van der Waals surface area contributed by atoms with E-state index in [0.29, 0.717) is 18.1 Å². The summed E-state index contributed by atoms with van der Waals surface area (Å²) < 4.78 is 28.6. The van der Waals surface area contributed by atoms with Crippen LogP contribution in [0, 0.1) is 0 Å². The largest absolute Gasteiger partial charge is 0.375 e. The van der Waals surface area contributed by atoms with E-state index in [-0.39, 0.29) is 12.6 Å². The molecule has 0 aliphatic carbocycles. The van der Waals surface area contributed by atoms with E-state index in [2.05, 4.69) is 15.0 Å². The molecular weight excluding hydrogens is 266 g/mol. The molecule has 7 heteroatoms. The van der Waals surface area contributed by atoms with E-state index in [1.807, 2.05) is 30.3 Å². The van der Waals surface area contributed by atoms with Gasteiger partial charge < -0.3 is 10.5 Å². The second-order valence-electron chi connectivity index (χ2n) is 4.02. The molecule has 20 heavy (non-hydrogen) atoms. The second-order valence-corrected chi connectivity index (χ2v) is 4.02. The Hall–Kier alpha value is -2.15. The molecule has 0 saturated heterocycles. The van der Waals surface area contributed by atoms with Crippen LogP contribution in [-0.2, 0) is 11.2 Å². The predicted octanol–water partition coefficient (Wildman–Crippen LogP) is 1.94. The Morgan fingerprint density at radius 3 is 2.55 bits per heavy atom. The average Bonchev–Trinajstić information content (AvgIpc) is 2.44. The molecule has 106 valence electrons. The number of aromatic nitrogens is 3. The van der Waals surface area contributed by atoms with Crippen molar-refractivity contribution in [3.8, 4) is 11.4 Å². The molecule has 1 aromatic carbocycles. The van der Waals surface area contributed by atoms with Crippen LogP contribution in [-0.4, -0.2) is 34.6 Å². The van der Waals surface area contributed by atoms with Crippen molar-refractivity contribution in [1.29, 1.82) is 0 Å². The summed E-state index contributed by atoms with van der Waals surface area (Å²) >= 11 is 0. The van der Waals surface area contributed by atoms with E-state index in [9.17, 15) is 8.78 Å². The Bertz CT molecular complexity index is 551. The summed E-state index contributed by atoms with van der Waals surface area (Å²) in [6.07, 6.45) is -2.17. The van der Waals surface area contributed by atoms with Gasteiger partial charge in [-0.3, -0.25) is 0 Å². The van der Waals surface area contributed by atoms with Gasteiger partial charge in [-0.15, -0.1) is 0 Å². The van der Waals surface area contributed by atoms with E-state index in [1.54, 1.807) is 0 Å². The molecule has 0 bridgehead atoms. The van der Waals surface area contributed by atoms with Crippen molar-refractivity contribution < 1.29 is 13.5 Å². The second kappa shape index (κ2) is 6.85. The number of hydrogen-bond donors (Lipinski definition) is 1. The lowest BCUT2D eigenvalue weighted by Gasteiger charge is -2.06. The SMILES string of the molecule is Nc1nc(CCOCC(F)F)nc(-c2ccccc2)n1. The van der Waals surface area contributed by atoms with Gasteiger partial charge in [-0.05, 0) is 0 Å². The number of anilines is 1. The topological polar surface area (TPSA) is 73.9 Å². The summed E-state index contributed by atoms with van der Waals surface area (Å²) in [6, 6.07) is 9.31. The molecule has 5 nitrogen and oxygen atoms in total. The maximum atomic E-state index is 11.9. The van der Waals surface area contributed by atoms with Crippen LogP contribution in [0.1, 0.15) is 5.82 Å². The maximum Gasteiger partial charge on any atom is 0.261 e. The monoisotopic (exact) mass is 280 g/mol. The van der Waals surface area contributed by atoms with Crippen molar-refractivity contribution in [3.05, 3.63) is 36.2 Å². The molecule has 2 rings (SSSR count). The quantitative estimate of drug-likeness (QED) is 0.819. The fourth-order valence-electron chi connectivity index (χ4n) is 1.60. The number of benzene rings is 1. The molecule has 0 fully saturated rings. The summed E-state index contributed by atoms with van der Waals surface area (Å²) in [7, 11) is 0. The average molecular weight is 280 g/mol. The summed E-state index contributed by atoms with van der Waals surface area (Å²) in [5.41, 5.74) is 6.44. The third kappa shape index (κ3) is 4.20. The lowest BCUT2D eigenvalue weighted by Crippen LogP contribution is -2.10. The van der Waals surface area contributed by atoms with Crippen LogP contribution in [0.25, 0.3) is 11.4 Å². The number of ether oxygens (including phenoxy) is 1. The zero-order valence-corrected chi connectivity index (χ0v) is 10.7. The van der Waals surface area contributed by atoms with Crippen LogP contribution in [0.15, 0.2) is 30.3 Å². The Kier molecular flexibility index (Phi) is 4.89. The van der Waals surface area contributed by atoms with E-state index >= 15 is 0 Å². The number of halogens is 2. The number of nitrogens with zero attached hydrogens (tertiary/aromatic N) is 3. The third-order valence-corrected chi connectivity index (χ3v) is 2.44. The van der Waals surface area contributed by atoms with Gasteiger partial charge in [0.05, 0.1) is 6.61 Å². The van der Waals surface area contributed by atoms with Crippen LogP contribution in [0.3, 0.4) is 0 Å². The molecule has 0 unspecified atom stereocenters. The molecule has 0 saturated carbocycles. The number of hydrogen-bond acceptors (Lipinski definition) is 5. The molecule has 0 amide bonds. The minimum atomic E-state index is -2.47. The Morgan fingerprint density at radius 1 is 1.10 bits per heavy atom. The first kappa shape index (κ1) is 14.3. The van der Waals surface area contributed by atoms with Crippen molar-refractivity contribution >= 4 is 5.95 Å². The highest BCUT2D eigenvalue weighted by Crippen LogP contribution is 2.14. The number of nitrogen functional groups attached to an aromatic ring is 1. The van der Waals surface area contributed by atoms with Crippen molar-refractivity contribution in [2.45, 2.75) is 12.8 Å². The number of rotatable bonds is 6. The Balaban J connectivity index is 2.05. The number of nitrogens with two attached hydrogens (primary N) is 1. The van der Waals surface area contributed by atoms with Gasteiger partial charge in [0.25, 0.3) is 6.43 Å². The molecule has 0 radical (unpaired) electrons. The van der Waals surface area contributed by atoms with Crippen molar-refractivity contribution in [2.24, 2.45) is 0 Å². The highest BCUT2D eigenvalue weighted by molar-refractivity contribution is 5.55. The summed E-state index contributed by atoms with van der Waals surface area (Å²) in [5, 5.41) is 0. The summed E-state index contributed by atoms with van der Waals surface area (Å²) in [4.78, 5) is 12.3. The van der Waals surface area contributed by atoms with E-state index < -0.39 is 13.0 Å². The maximum absolute atomic E-state index is 11.9. The highest BCUT2D eigenvalue weighted by Gasteiger charge is 2.07. The van der Waals surface area contributed by atoms with Gasteiger partial charge in [0, 0.05) is 12.0 Å². The van der Waals surface area contributed by atoms with Gasteiger partial charge >= 0.3 is 0 Å². The van der Waals surface area contributed by atoms with Gasteiger partial charge in [-0.2, -0.15) is 9.97 Å². The lowest BCUT2D eigenvalue weighted by atomic mass is 10.2. The molecule has 2 aromatic rings. The third-order valence-electron chi connectivity index (χ3n) is 2.44. The van der Waals surface area contributed by atoms with Crippen molar-refractivity contribution in [2.75, 3.05) is 18.9 Å². The van der Waals surface area contributed by atoms with Gasteiger partial charge in [-0.1, -0.05) is 30.3 Å². The van der Waals surface area contributed by atoms with E-state index in [1.165, 1.54) is 0 Å². The van der Waals surface area contributed by atoms with Crippen LogP contribution < -0.4 is 5.73 Å². The van der Waals surface area contributed by atoms with Crippen molar-refractivity contribution in [1.82, 2.24) is 15.0 Å². The van der Waals surface area contributed by atoms with Crippen LogP contribution >= 0.6 is 0 Å². The molecule has 0 aliphatic rings. The Labute approximate surface area is 114 Å².